The lowest BCUT2D eigenvalue weighted by molar-refractivity contribution is -0.132. The predicted octanol–water partition coefficient (Wildman–Crippen LogP) is 2.51. The highest BCUT2D eigenvalue weighted by atomic mass is 16.6. The molecule has 1 amide bonds. The van der Waals surface area contributed by atoms with Gasteiger partial charge in [0.2, 0.25) is 5.91 Å². The van der Waals surface area contributed by atoms with Crippen LogP contribution in [0.15, 0.2) is 18.2 Å². The Labute approximate surface area is 143 Å². The molecule has 1 aromatic rings. The number of fused-ring (bicyclic) bond motifs is 1. The average molecular weight is 330 g/mol. The van der Waals surface area contributed by atoms with Gasteiger partial charge >= 0.3 is 0 Å². The van der Waals surface area contributed by atoms with Crippen molar-refractivity contribution in [3.8, 4) is 11.5 Å². The number of para-hydroxylation sites is 1. The lowest BCUT2D eigenvalue weighted by Crippen LogP contribution is -2.31. The lowest BCUT2D eigenvalue weighted by atomic mass is 10.00. The van der Waals surface area contributed by atoms with Crippen LogP contribution in [0.2, 0.25) is 0 Å². The standard InChI is InChI=1S/C19H26N2O3/c22-18(7-6-14-8-9-20-13-14)21-10-2-4-16(21)15-3-1-5-17-19(15)24-12-11-23-17/h1,3,5,14,16,20H,2,4,6-13H2. The fourth-order valence-corrected chi connectivity index (χ4v) is 4.18. The molecule has 3 aliphatic heterocycles. The Balaban J connectivity index is 1.47. The van der Waals surface area contributed by atoms with E-state index in [1.54, 1.807) is 0 Å². The number of benzene rings is 1. The number of nitrogens with one attached hydrogen (secondary N) is 1. The van der Waals surface area contributed by atoms with Crippen molar-refractivity contribution < 1.29 is 14.3 Å². The molecule has 2 unspecified atom stereocenters. The van der Waals surface area contributed by atoms with Crippen LogP contribution in [-0.2, 0) is 4.79 Å². The smallest absolute Gasteiger partial charge is 0.223 e. The maximum absolute atomic E-state index is 12.8. The molecule has 5 heteroatoms. The molecule has 0 aliphatic carbocycles. The Morgan fingerprint density at radius 2 is 2.17 bits per heavy atom. The van der Waals surface area contributed by atoms with Gasteiger partial charge in [-0.05, 0) is 50.8 Å². The van der Waals surface area contributed by atoms with Gasteiger partial charge < -0.3 is 19.7 Å². The van der Waals surface area contributed by atoms with Crippen LogP contribution in [0.4, 0.5) is 0 Å². The molecular weight excluding hydrogens is 304 g/mol. The summed E-state index contributed by atoms with van der Waals surface area (Å²) in [5.74, 6) is 2.61. The monoisotopic (exact) mass is 330 g/mol. The van der Waals surface area contributed by atoms with Crippen molar-refractivity contribution in [2.45, 2.75) is 38.1 Å². The van der Waals surface area contributed by atoms with Crippen LogP contribution in [0.5, 0.6) is 11.5 Å². The van der Waals surface area contributed by atoms with Crippen molar-refractivity contribution in [1.29, 1.82) is 0 Å². The zero-order valence-corrected chi connectivity index (χ0v) is 14.1. The maximum atomic E-state index is 12.8. The molecule has 2 saturated heterocycles. The van der Waals surface area contributed by atoms with Crippen LogP contribution in [-0.4, -0.2) is 43.7 Å². The summed E-state index contributed by atoms with van der Waals surface area (Å²) in [7, 11) is 0. The summed E-state index contributed by atoms with van der Waals surface area (Å²) in [6.45, 7) is 4.20. The number of hydrogen-bond donors (Lipinski definition) is 1. The van der Waals surface area contributed by atoms with Crippen LogP contribution in [0.25, 0.3) is 0 Å². The van der Waals surface area contributed by atoms with E-state index in [-0.39, 0.29) is 6.04 Å². The van der Waals surface area contributed by atoms with Crippen LogP contribution in [0.1, 0.15) is 43.7 Å². The number of nitrogens with zero attached hydrogens (tertiary/aromatic N) is 1. The van der Waals surface area contributed by atoms with E-state index in [0.717, 1.165) is 56.0 Å². The van der Waals surface area contributed by atoms with Crippen molar-refractivity contribution >= 4 is 5.91 Å². The zero-order valence-electron chi connectivity index (χ0n) is 14.1. The molecule has 4 rings (SSSR count). The third-order valence-electron chi connectivity index (χ3n) is 5.46. The van der Waals surface area contributed by atoms with E-state index in [1.165, 1.54) is 6.42 Å². The van der Waals surface area contributed by atoms with E-state index in [1.807, 2.05) is 12.1 Å². The molecule has 24 heavy (non-hydrogen) atoms. The number of rotatable bonds is 4. The summed E-state index contributed by atoms with van der Waals surface area (Å²) in [4.78, 5) is 14.9. The molecule has 0 saturated carbocycles. The van der Waals surface area contributed by atoms with Crippen molar-refractivity contribution in [3.05, 3.63) is 23.8 Å². The van der Waals surface area contributed by atoms with Gasteiger partial charge in [0.1, 0.15) is 13.2 Å². The molecule has 0 spiro atoms. The SMILES string of the molecule is O=C(CCC1CCNC1)N1CCCC1c1cccc2c1OCCO2. The van der Waals surface area contributed by atoms with Crippen LogP contribution in [0, 0.1) is 5.92 Å². The Morgan fingerprint density at radius 3 is 3.04 bits per heavy atom. The number of carbonyl (C=O) groups excluding carboxylic acids is 1. The first kappa shape index (κ1) is 15.8. The van der Waals surface area contributed by atoms with Crippen LogP contribution < -0.4 is 14.8 Å². The number of hydrogen-bond acceptors (Lipinski definition) is 4. The minimum atomic E-state index is 0.135. The zero-order chi connectivity index (χ0) is 16.4. The van der Waals surface area contributed by atoms with Crippen molar-refractivity contribution in [2.24, 2.45) is 5.92 Å². The molecule has 3 aliphatic rings. The molecule has 1 aromatic carbocycles. The average Bonchev–Trinajstić information content (AvgIpc) is 3.31. The number of carbonyl (C=O) groups is 1. The molecule has 2 fully saturated rings. The summed E-state index contributed by atoms with van der Waals surface area (Å²) in [6, 6.07) is 6.18. The quantitative estimate of drug-likeness (QED) is 0.922. The number of amides is 1. The molecule has 0 aromatic heterocycles. The summed E-state index contributed by atoms with van der Waals surface area (Å²) in [5, 5.41) is 3.38. The van der Waals surface area contributed by atoms with E-state index < -0.39 is 0 Å². The van der Waals surface area contributed by atoms with Crippen LogP contribution >= 0.6 is 0 Å². The Bertz CT molecular complexity index is 598. The Morgan fingerprint density at radius 1 is 1.25 bits per heavy atom. The Hall–Kier alpha value is -1.75. The summed E-state index contributed by atoms with van der Waals surface area (Å²) >= 11 is 0. The van der Waals surface area contributed by atoms with Gasteiger partial charge in [-0.15, -0.1) is 0 Å². The lowest BCUT2D eigenvalue weighted by Gasteiger charge is -2.29. The minimum Gasteiger partial charge on any atom is -0.486 e. The molecule has 3 heterocycles. The van der Waals surface area contributed by atoms with Gasteiger partial charge in [0.25, 0.3) is 0 Å². The second kappa shape index (κ2) is 7.01. The molecule has 1 N–H and O–H groups in total. The highest BCUT2D eigenvalue weighted by Crippen LogP contribution is 2.43. The first-order valence-corrected chi connectivity index (χ1v) is 9.21. The van der Waals surface area contributed by atoms with Crippen molar-refractivity contribution in [1.82, 2.24) is 10.2 Å². The van der Waals surface area contributed by atoms with E-state index in [0.29, 0.717) is 31.5 Å². The van der Waals surface area contributed by atoms with E-state index >= 15 is 0 Å². The first-order chi connectivity index (χ1) is 11.8. The molecule has 0 radical (unpaired) electrons. The highest BCUT2D eigenvalue weighted by molar-refractivity contribution is 5.77. The second-order valence-corrected chi connectivity index (χ2v) is 7.01. The maximum Gasteiger partial charge on any atom is 0.223 e. The van der Waals surface area contributed by atoms with Crippen molar-refractivity contribution in [2.75, 3.05) is 32.8 Å². The number of likely N-dealkylation sites (tertiary alicyclic amines) is 1. The minimum absolute atomic E-state index is 0.135. The van der Waals surface area contributed by atoms with Gasteiger partial charge in [-0.2, -0.15) is 0 Å². The van der Waals surface area contributed by atoms with Gasteiger partial charge in [-0.3, -0.25) is 4.79 Å². The third-order valence-corrected chi connectivity index (χ3v) is 5.46. The molecule has 2 atom stereocenters. The second-order valence-electron chi connectivity index (χ2n) is 7.01. The van der Waals surface area contributed by atoms with E-state index in [9.17, 15) is 4.79 Å². The van der Waals surface area contributed by atoms with E-state index in [4.69, 9.17) is 9.47 Å². The largest absolute Gasteiger partial charge is 0.486 e. The predicted molar refractivity (Wildman–Crippen MR) is 91.3 cm³/mol. The molecule has 0 bridgehead atoms. The van der Waals surface area contributed by atoms with E-state index in [2.05, 4.69) is 16.3 Å². The van der Waals surface area contributed by atoms with Gasteiger partial charge in [-0.25, -0.2) is 0 Å². The molecular formula is C19H26N2O3. The molecule has 130 valence electrons. The number of ether oxygens (including phenoxy) is 2. The van der Waals surface area contributed by atoms with Gasteiger partial charge in [0.15, 0.2) is 11.5 Å². The normalized spacial score (nSPS) is 25.9. The summed E-state index contributed by atoms with van der Waals surface area (Å²) in [5.41, 5.74) is 1.11. The first-order valence-electron chi connectivity index (χ1n) is 9.21. The van der Waals surface area contributed by atoms with Gasteiger partial charge in [0.05, 0.1) is 6.04 Å². The topological polar surface area (TPSA) is 50.8 Å². The van der Waals surface area contributed by atoms with Gasteiger partial charge in [0, 0.05) is 18.5 Å². The summed E-state index contributed by atoms with van der Waals surface area (Å²) < 4.78 is 11.6. The van der Waals surface area contributed by atoms with Crippen LogP contribution in [0.3, 0.4) is 0 Å². The fraction of sp³-hybridized carbons (Fsp3) is 0.632. The summed E-state index contributed by atoms with van der Waals surface area (Å²) in [6.07, 6.45) is 4.94. The van der Waals surface area contributed by atoms with Gasteiger partial charge in [-0.1, -0.05) is 12.1 Å². The Kier molecular flexibility index (Phi) is 4.60. The fourth-order valence-electron chi connectivity index (χ4n) is 4.18. The molecule has 5 nitrogen and oxygen atoms in total. The highest BCUT2D eigenvalue weighted by Gasteiger charge is 2.33. The van der Waals surface area contributed by atoms with Crippen molar-refractivity contribution in [3.63, 3.8) is 0 Å². The third kappa shape index (κ3) is 3.09.